The molecule has 0 aromatic heterocycles. The molecule has 1 aromatic rings. The fourth-order valence-corrected chi connectivity index (χ4v) is 2.77. The Morgan fingerprint density at radius 3 is 2.91 bits per heavy atom. The lowest BCUT2D eigenvalue weighted by molar-refractivity contribution is -0.125. The molecule has 23 heavy (non-hydrogen) atoms. The lowest BCUT2D eigenvalue weighted by atomic mass is 9.93. The molecule has 1 fully saturated rings. The van der Waals surface area contributed by atoms with Crippen LogP contribution in [0.25, 0.3) is 0 Å². The number of halogens is 3. The van der Waals surface area contributed by atoms with E-state index in [0.29, 0.717) is 23.2 Å². The number of carbonyl (C=O) groups excluding carboxylic acids is 1. The average molecular weight is 384 g/mol. The van der Waals surface area contributed by atoms with Crippen molar-refractivity contribution >= 4 is 41.5 Å². The van der Waals surface area contributed by atoms with Gasteiger partial charge in [0.25, 0.3) is 0 Å². The Morgan fingerprint density at radius 1 is 1.43 bits per heavy atom. The van der Waals surface area contributed by atoms with Gasteiger partial charge in [0.15, 0.2) is 0 Å². The van der Waals surface area contributed by atoms with Gasteiger partial charge in [0, 0.05) is 32.7 Å². The Hall–Kier alpha value is -0.560. The molecule has 1 amide bonds. The molecule has 1 aliphatic heterocycles. The van der Waals surface area contributed by atoms with E-state index in [0.717, 1.165) is 18.7 Å². The number of amides is 1. The standard InChI is InChI=1S/C15H20Cl2N2O3.ClH/c1-21-9-15(20)19-8-14-11(7-18-4-5-22-14)10-2-3-12(16)13(17)6-10;/h2-3,6,11,14,18H,4-5,7-9H2,1H3,(H,19,20);1H/t11-,14-;/m0./s1. The van der Waals surface area contributed by atoms with E-state index in [2.05, 4.69) is 10.6 Å². The fourth-order valence-electron chi connectivity index (χ4n) is 2.46. The Kier molecular flexibility index (Phi) is 9.20. The van der Waals surface area contributed by atoms with E-state index in [1.807, 2.05) is 12.1 Å². The highest BCUT2D eigenvalue weighted by Crippen LogP contribution is 2.29. The molecule has 0 radical (unpaired) electrons. The third kappa shape index (κ3) is 6.10. The van der Waals surface area contributed by atoms with Crippen molar-refractivity contribution in [2.24, 2.45) is 0 Å². The summed E-state index contributed by atoms with van der Waals surface area (Å²) in [5.74, 6) is -0.0729. The van der Waals surface area contributed by atoms with Gasteiger partial charge in [-0.05, 0) is 17.7 Å². The van der Waals surface area contributed by atoms with Crippen LogP contribution < -0.4 is 10.6 Å². The first-order chi connectivity index (χ1) is 10.6. The molecule has 0 aliphatic carbocycles. The number of hydrogen-bond acceptors (Lipinski definition) is 4. The van der Waals surface area contributed by atoms with Gasteiger partial charge in [-0.25, -0.2) is 0 Å². The van der Waals surface area contributed by atoms with Crippen molar-refractivity contribution < 1.29 is 14.3 Å². The van der Waals surface area contributed by atoms with Crippen LogP contribution in [0.2, 0.25) is 10.0 Å². The van der Waals surface area contributed by atoms with Crippen LogP contribution >= 0.6 is 35.6 Å². The van der Waals surface area contributed by atoms with E-state index in [1.165, 1.54) is 7.11 Å². The van der Waals surface area contributed by atoms with Gasteiger partial charge >= 0.3 is 0 Å². The Morgan fingerprint density at radius 2 is 2.22 bits per heavy atom. The van der Waals surface area contributed by atoms with Gasteiger partial charge in [-0.2, -0.15) is 0 Å². The minimum absolute atomic E-state index is 0. The van der Waals surface area contributed by atoms with Crippen LogP contribution in [0.5, 0.6) is 0 Å². The van der Waals surface area contributed by atoms with Gasteiger partial charge in [-0.3, -0.25) is 4.79 Å². The van der Waals surface area contributed by atoms with Crippen LogP contribution in [0.3, 0.4) is 0 Å². The lowest BCUT2D eigenvalue weighted by Gasteiger charge is -2.25. The van der Waals surface area contributed by atoms with Crippen LogP contribution in [-0.4, -0.2) is 52.0 Å². The summed E-state index contributed by atoms with van der Waals surface area (Å²) in [6.45, 7) is 2.60. The summed E-state index contributed by atoms with van der Waals surface area (Å²) in [5.41, 5.74) is 1.04. The monoisotopic (exact) mass is 382 g/mol. The molecule has 2 rings (SSSR count). The second-order valence-corrected chi connectivity index (χ2v) is 5.94. The van der Waals surface area contributed by atoms with Crippen molar-refractivity contribution in [1.82, 2.24) is 10.6 Å². The van der Waals surface area contributed by atoms with Crippen LogP contribution in [-0.2, 0) is 14.3 Å². The molecule has 8 heteroatoms. The summed E-state index contributed by atoms with van der Waals surface area (Å²) in [6, 6.07) is 5.58. The number of benzene rings is 1. The Labute approximate surface area is 152 Å². The summed E-state index contributed by atoms with van der Waals surface area (Å²) < 4.78 is 10.7. The molecule has 1 aromatic carbocycles. The van der Waals surface area contributed by atoms with E-state index in [9.17, 15) is 4.79 Å². The zero-order valence-corrected chi connectivity index (χ0v) is 15.1. The van der Waals surface area contributed by atoms with Gasteiger partial charge < -0.3 is 20.1 Å². The molecule has 0 spiro atoms. The molecule has 2 N–H and O–H groups in total. The largest absolute Gasteiger partial charge is 0.375 e. The van der Waals surface area contributed by atoms with Crippen LogP contribution in [0, 0.1) is 0 Å². The number of nitrogens with one attached hydrogen (secondary N) is 2. The Bertz CT molecular complexity index is 517. The minimum atomic E-state index is -0.156. The molecular weight excluding hydrogens is 363 g/mol. The zero-order valence-electron chi connectivity index (χ0n) is 12.8. The average Bonchev–Trinajstić information content (AvgIpc) is 2.74. The maximum atomic E-state index is 11.6. The van der Waals surface area contributed by atoms with Crippen molar-refractivity contribution in [2.45, 2.75) is 12.0 Å². The normalized spacial score (nSPS) is 21.2. The molecule has 1 aliphatic rings. The van der Waals surface area contributed by atoms with Crippen LogP contribution in [0.4, 0.5) is 0 Å². The number of carbonyl (C=O) groups is 1. The van der Waals surface area contributed by atoms with Crippen molar-refractivity contribution in [1.29, 1.82) is 0 Å². The molecule has 130 valence electrons. The molecular formula is C15H21Cl3N2O3. The molecule has 2 atom stereocenters. The van der Waals surface area contributed by atoms with Crippen LogP contribution in [0.1, 0.15) is 11.5 Å². The zero-order chi connectivity index (χ0) is 15.9. The number of hydrogen-bond donors (Lipinski definition) is 2. The first-order valence-corrected chi connectivity index (χ1v) is 7.90. The molecule has 0 bridgehead atoms. The van der Waals surface area contributed by atoms with Crippen molar-refractivity contribution in [3.8, 4) is 0 Å². The quantitative estimate of drug-likeness (QED) is 0.819. The van der Waals surface area contributed by atoms with Gasteiger partial charge in [-0.15, -0.1) is 12.4 Å². The molecule has 0 saturated carbocycles. The maximum Gasteiger partial charge on any atom is 0.246 e. The van der Waals surface area contributed by atoms with E-state index < -0.39 is 0 Å². The van der Waals surface area contributed by atoms with Gasteiger partial charge in [-0.1, -0.05) is 29.3 Å². The molecule has 1 heterocycles. The summed E-state index contributed by atoms with van der Waals surface area (Å²) in [7, 11) is 1.49. The third-order valence-electron chi connectivity index (χ3n) is 3.57. The molecule has 1 saturated heterocycles. The van der Waals surface area contributed by atoms with Crippen LogP contribution in [0.15, 0.2) is 18.2 Å². The van der Waals surface area contributed by atoms with E-state index in [4.69, 9.17) is 32.7 Å². The highest BCUT2D eigenvalue weighted by atomic mass is 35.5. The van der Waals surface area contributed by atoms with Crippen molar-refractivity contribution in [3.05, 3.63) is 33.8 Å². The number of methoxy groups -OCH3 is 1. The summed E-state index contributed by atoms with van der Waals surface area (Å²) in [6.07, 6.45) is -0.131. The third-order valence-corrected chi connectivity index (χ3v) is 4.31. The summed E-state index contributed by atoms with van der Waals surface area (Å²) >= 11 is 12.1. The first-order valence-electron chi connectivity index (χ1n) is 7.14. The minimum Gasteiger partial charge on any atom is -0.375 e. The fraction of sp³-hybridized carbons (Fsp3) is 0.533. The molecule has 0 unspecified atom stereocenters. The van der Waals surface area contributed by atoms with Crippen molar-refractivity contribution in [2.75, 3.05) is 40.0 Å². The van der Waals surface area contributed by atoms with E-state index in [1.54, 1.807) is 6.07 Å². The van der Waals surface area contributed by atoms with Crippen molar-refractivity contribution in [3.63, 3.8) is 0 Å². The SMILES string of the molecule is COCC(=O)NC[C@@H]1OCCNC[C@H]1c1ccc(Cl)c(Cl)c1.Cl. The van der Waals surface area contributed by atoms with Gasteiger partial charge in [0.2, 0.25) is 5.91 Å². The van der Waals surface area contributed by atoms with E-state index >= 15 is 0 Å². The van der Waals surface area contributed by atoms with Gasteiger partial charge in [0.1, 0.15) is 6.61 Å². The summed E-state index contributed by atoms with van der Waals surface area (Å²) in [4.78, 5) is 11.6. The second kappa shape index (κ2) is 10.3. The predicted octanol–water partition coefficient (Wildman–Crippen LogP) is 2.25. The smallest absolute Gasteiger partial charge is 0.246 e. The predicted molar refractivity (Wildman–Crippen MR) is 93.9 cm³/mol. The highest BCUT2D eigenvalue weighted by Gasteiger charge is 2.27. The topological polar surface area (TPSA) is 59.6 Å². The number of rotatable bonds is 5. The lowest BCUT2D eigenvalue weighted by Crippen LogP contribution is -2.39. The summed E-state index contributed by atoms with van der Waals surface area (Å²) in [5, 5.41) is 7.21. The highest BCUT2D eigenvalue weighted by molar-refractivity contribution is 6.42. The maximum absolute atomic E-state index is 11.6. The van der Waals surface area contributed by atoms with Gasteiger partial charge in [0.05, 0.1) is 22.8 Å². The second-order valence-electron chi connectivity index (χ2n) is 5.13. The van der Waals surface area contributed by atoms with E-state index in [-0.39, 0.29) is 36.9 Å². The Balaban J connectivity index is 0.00000264. The number of ether oxygens (including phenoxy) is 2. The molecule has 5 nitrogen and oxygen atoms in total. The first kappa shape index (κ1) is 20.5.